The van der Waals surface area contributed by atoms with Crippen molar-refractivity contribution in [3.63, 3.8) is 0 Å². The van der Waals surface area contributed by atoms with Gasteiger partial charge in [0.25, 0.3) is 11.8 Å². The molecule has 40 heavy (non-hydrogen) atoms. The van der Waals surface area contributed by atoms with E-state index < -0.39 is 0 Å². The second-order valence-corrected chi connectivity index (χ2v) is 11.1. The van der Waals surface area contributed by atoms with Gasteiger partial charge >= 0.3 is 0 Å². The highest BCUT2D eigenvalue weighted by molar-refractivity contribution is 7.99. The fourth-order valence-corrected chi connectivity index (χ4v) is 6.46. The van der Waals surface area contributed by atoms with Crippen LogP contribution < -0.4 is 10.6 Å². The molecule has 0 fully saturated rings. The van der Waals surface area contributed by atoms with Gasteiger partial charge < -0.3 is 10.6 Å². The van der Waals surface area contributed by atoms with Gasteiger partial charge in [-0.25, -0.2) is 0 Å². The van der Waals surface area contributed by atoms with Crippen molar-refractivity contribution in [1.82, 2.24) is 31.0 Å². The molecular formula is C30H24N6O2S2. The third-order valence-corrected chi connectivity index (χ3v) is 8.60. The number of benzene rings is 4. The Bertz CT molecular complexity index is 1760. The van der Waals surface area contributed by atoms with Crippen LogP contribution in [0.25, 0.3) is 33.2 Å². The Labute approximate surface area is 238 Å². The van der Waals surface area contributed by atoms with E-state index in [4.69, 9.17) is 0 Å². The summed E-state index contributed by atoms with van der Waals surface area (Å²) in [5.41, 5.74) is 4.55. The Morgan fingerprint density at radius 1 is 0.625 bits per heavy atom. The Hall–Kier alpha value is -4.54. The van der Waals surface area contributed by atoms with Crippen molar-refractivity contribution in [2.24, 2.45) is 0 Å². The van der Waals surface area contributed by atoms with Crippen LogP contribution >= 0.6 is 23.5 Å². The minimum absolute atomic E-state index is 0.115. The second kappa shape index (κ2) is 10.9. The molecule has 198 valence electrons. The molecule has 4 N–H and O–H groups in total. The smallest absolute Gasteiger partial charge is 0.252 e. The van der Waals surface area contributed by atoms with Crippen molar-refractivity contribution in [1.29, 1.82) is 0 Å². The van der Waals surface area contributed by atoms with Gasteiger partial charge in [0.15, 0.2) is 0 Å². The van der Waals surface area contributed by atoms with Gasteiger partial charge in [0.05, 0.1) is 22.2 Å². The molecule has 6 aromatic rings. The standard InChI is InChI=1S/C30H24N6O2S2/c1-31-29(37)21-7-3-5-9-25(21)39-17-11-13-19-23(15-17)33-35-27(19)28-20-14-12-18(16-24(20)34-36-28)40-26-10-6-4-8-22(26)30(38)32-2/h3-16H,1-2H3,(H,31,37)(H,32,38)(H,33,35)(H,34,36). The predicted octanol–water partition coefficient (Wildman–Crippen LogP) is 6.13. The molecule has 0 aliphatic carbocycles. The van der Waals surface area contributed by atoms with E-state index in [9.17, 15) is 9.59 Å². The quantitative estimate of drug-likeness (QED) is 0.185. The van der Waals surface area contributed by atoms with Gasteiger partial charge in [0.1, 0.15) is 11.4 Å². The molecule has 2 amide bonds. The van der Waals surface area contributed by atoms with Gasteiger partial charge in [0.2, 0.25) is 0 Å². The lowest BCUT2D eigenvalue weighted by Gasteiger charge is -2.08. The van der Waals surface area contributed by atoms with E-state index in [1.807, 2.05) is 84.9 Å². The fourth-order valence-electron chi connectivity index (χ4n) is 4.50. The molecule has 0 bridgehead atoms. The van der Waals surface area contributed by atoms with Crippen LogP contribution in [0.15, 0.2) is 105 Å². The number of nitrogens with one attached hydrogen (secondary N) is 4. The van der Waals surface area contributed by atoms with Crippen LogP contribution in [0, 0.1) is 0 Å². The number of aromatic amines is 2. The number of hydrogen-bond donors (Lipinski definition) is 4. The van der Waals surface area contributed by atoms with E-state index in [1.54, 1.807) is 14.1 Å². The van der Waals surface area contributed by atoms with Crippen molar-refractivity contribution < 1.29 is 9.59 Å². The Morgan fingerprint density at radius 2 is 1.05 bits per heavy atom. The van der Waals surface area contributed by atoms with E-state index in [-0.39, 0.29) is 11.8 Å². The molecule has 6 rings (SSSR count). The molecule has 2 aromatic heterocycles. The zero-order valence-electron chi connectivity index (χ0n) is 21.6. The number of aromatic nitrogens is 4. The predicted molar refractivity (Wildman–Crippen MR) is 159 cm³/mol. The van der Waals surface area contributed by atoms with Crippen LogP contribution in [0.1, 0.15) is 20.7 Å². The van der Waals surface area contributed by atoms with Crippen LogP contribution in [0.4, 0.5) is 0 Å². The van der Waals surface area contributed by atoms with Gasteiger partial charge in [-0.05, 0) is 60.7 Å². The van der Waals surface area contributed by atoms with Crippen LogP contribution in [0.2, 0.25) is 0 Å². The van der Waals surface area contributed by atoms with Crippen molar-refractivity contribution in [3.05, 3.63) is 96.1 Å². The molecular weight excluding hydrogens is 541 g/mol. The fraction of sp³-hybridized carbons (Fsp3) is 0.0667. The number of fused-ring (bicyclic) bond motifs is 2. The van der Waals surface area contributed by atoms with Crippen LogP contribution in [0.3, 0.4) is 0 Å². The lowest BCUT2D eigenvalue weighted by atomic mass is 10.1. The average Bonchev–Trinajstić information content (AvgIpc) is 3.60. The summed E-state index contributed by atoms with van der Waals surface area (Å²) in [6, 6.07) is 27.3. The number of carbonyl (C=O) groups is 2. The largest absolute Gasteiger partial charge is 0.355 e. The zero-order chi connectivity index (χ0) is 27.6. The summed E-state index contributed by atoms with van der Waals surface area (Å²) in [5, 5.41) is 22.8. The van der Waals surface area contributed by atoms with Gasteiger partial charge in [-0.3, -0.25) is 19.8 Å². The van der Waals surface area contributed by atoms with Gasteiger partial charge in [-0.15, -0.1) is 0 Å². The molecule has 0 aliphatic rings. The number of carbonyl (C=O) groups excluding carboxylic acids is 2. The Balaban J connectivity index is 1.29. The molecule has 4 aromatic carbocycles. The summed E-state index contributed by atoms with van der Waals surface area (Å²) in [6.07, 6.45) is 0. The molecule has 0 aliphatic heterocycles. The molecule has 0 unspecified atom stereocenters. The summed E-state index contributed by atoms with van der Waals surface area (Å²) in [7, 11) is 3.26. The van der Waals surface area contributed by atoms with Crippen LogP contribution in [-0.4, -0.2) is 46.3 Å². The second-order valence-electron chi connectivity index (χ2n) is 8.91. The first kappa shape index (κ1) is 25.7. The van der Waals surface area contributed by atoms with Crippen LogP contribution in [-0.2, 0) is 0 Å². The number of nitrogens with zero attached hydrogens (tertiary/aromatic N) is 2. The van der Waals surface area contributed by atoms with E-state index >= 15 is 0 Å². The number of H-pyrrole nitrogens is 2. The highest BCUT2D eigenvalue weighted by atomic mass is 32.2. The highest BCUT2D eigenvalue weighted by Gasteiger charge is 2.17. The van der Waals surface area contributed by atoms with E-state index in [2.05, 4.69) is 31.0 Å². The Kier molecular flexibility index (Phi) is 7.02. The summed E-state index contributed by atoms with van der Waals surface area (Å²) in [5.74, 6) is -0.230. The van der Waals surface area contributed by atoms with Crippen molar-refractivity contribution >= 4 is 57.1 Å². The normalized spacial score (nSPS) is 11.2. The molecule has 0 saturated carbocycles. The molecule has 10 heteroatoms. The number of amides is 2. The number of hydrogen-bond acceptors (Lipinski definition) is 6. The minimum atomic E-state index is -0.115. The van der Waals surface area contributed by atoms with E-state index in [0.717, 1.165) is 52.8 Å². The SMILES string of the molecule is CNC(=O)c1ccccc1Sc1ccc2c(-c3n[nH]c4cc(Sc5ccccc5C(=O)NC)ccc34)n[nH]c2c1. The third kappa shape index (κ3) is 4.83. The lowest BCUT2D eigenvalue weighted by Crippen LogP contribution is -2.18. The summed E-state index contributed by atoms with van der Waals surface area (Å²) in [4.78, 5) is 28.3. The summed E-state index contributed by atoms with van der Waals surface area (Å²) in [6.45, 7) is 0. The van der Waals surface area contributed by atoms with Crippen molar-refractivity contribution in [2.45, 2.75) is 19.6 Å². The van der Waals surface area contributed by atoms with Crippen molar-refractivity contribution in [3.8, 4) is 11.4 Å². The molecule has 0 spiro atoms. The zero-order valence-corrected chi connectivity index (χ0v) is 23.2. The first-order chi connectivity index (χ1) is 19.6. The summed E-state index contributed by atoms with van der Waals surface area (Å²) >= 11 is 3.06. The van der Waals surface area contributed by atoms with Crippen molar-refractivity contribution in [2.75, 3.05) is 14.1 Å². The molecule has 8 nitrogen and oxygen atoms in total. The number of rotatable bonds is 7. The maximum absolute atomic E-state index is 12.3. The average molecular weight is 565 g/mol. The summed E-state index contributed by atoms with van der Waals surface area (Å²) < 4.78 is 0. The first-order valence-electron chi connectivity index (χ1n) is 12.5. The minimum Gasteiger partial charge on any atom is -0.355 e. The maximum Gasteiger partial charge on any atom is 0.252 e. The highest BCUT2D eigenvalue weighted by Crippen LogP contribution is 2.37. The monoisotopic (exact) mass is 564 g/mol. The van der Waals surface area contributed by atoms with Crippen LogP contribution in [0.5, 0.6) is 0 Å². The lowest BCUT2D eigenvalue weighted by molar-refractivity contribution is 0.0952. The third-order valence-electron chi connectivity index (χ3n) is 6.47. The first-order valence-corrected chi connectivity index (χ1v) is 14.1. The van der Waals surface area contributed by atoms with Gasteiger partial charge in [0, 0.05) is 44.4 Å². The molecule has 0 atom stereocenters. The Morgan fingerprint density at radius 3 is 1.48 bits per heavy atom. The molecule has 2 heterocycles. The maximum atomic E-state index is 12.3. The topological polar surface area (TPSA) is 116 Å². The van der Waals surface area contributed by atoms with E-state index in [1.165, 1.54) is 23.5 Å². The molecule has 0 saturated heterocycles. The molecule has 0 radical (unpaired) electrons. The van der Waals surface area contributed by atoms with Gasteiger partial charge in [-0.2, -0.15) is 10.2 Å². The van der Waals surface area contributed by atoms with E-state index in [0.29, 0.717) is 11.1 Å². The van der Waals surface area contributed by atoms with Gasteiger partial charge in [-0.1, -0.05) is 47.8 Å².